The maximum atomic E-state index is 13.0. The first-order valence-corrected chi connectivity index (χ1v) is 9.52. The van der Waals surface area contributed by atoms with E-state index < -0.39 is 0 Å². The second-order valence-corrected chi connectivity index (χ2v) is 9.11. The van der Waals surface area contributed by atoms with Crippen LogP contribution in [0.2, 0.25) is 0 Å². The first kappa shape index (κ1) is 16.9. The molecule has 1 amide bonds. The number of nitrogens with zero attached hydrogens (tertiary/aromatic N) is 5. The zero-order chi connectivity index (χ0) is 17.8. The number of carbonyl (C=O) groups is 1. The number of hydrogen-bond donors (Lipinski definition) is 0. The molecule has 0 aromatic carbocycles. The average molecular weight is 347 g/mol. The summed E-state index contributed by atoms with van der Waals surface area (Å²) in [4.78, 5) is 15.0. The van der Waals surface area contributed by atoms with E-state index in [0.717, 1.165) is 24.7 Å². The van der Waals surface area contributed by atoms with E-state index in [1.165, 1.54) is 19.3 Å². The van der Waals surface area contributed by atoms with Crippen molar-refractivity contribution in [2.24, 2.45) is 11.8 Å². The van der Waals surface area contributed by atoms with Gasteiger partial charge in [-0.25, -0.2) is 4.68 Å². The van der Waals surface area contributed by atoms with E-state index >= 15 is 0 Å². The molecule has 0 radical (unpaired) electrons. The second kappa shape index (κ2) is 5.76. The Balaban J connectivity index is 1.53. The zero-order valence-corrected chi connectivity index (χ0v) is 15.7. The van der Waals surface area contributed by atoms with E-state index in [2.05, 4.69) is 29.4 Å². The van der Waals surface area contributed by atoms with Crippen LogP contribution in [-0.2, 0) is 16.1 Å². The average Bonchev–Trinajstić information content (AvgIpc) is 3.20. The van der Waals surface area contributed by atoms with E-state index in [1.54, 1.807) is 4.68 Å². The molecular formula is C18H29N5O2. The van der Waals surface area contributed by atoms with Gasteiger partial charge in [-0.1, -0.05) is 13.8 Å². The van der Waals surface area contributed by atoms with Crippen molar-refractivity contribution in [1.82, 2.24) is 25.1 Å². The number of tetrazole rings is 1. The summed E-state index contributed by atoms with van der Waals surface area (Å²) < 4.78 is 8.23. The first-order chi connectivity index (χ1) is 11.8. The monoisotopic (exact) mass is 347 g/mol. The molecule has 7 heteroatoms. The van der Waals surface area contributed by atoms with Crippen molar-refractivity contribution in [1.29, 1.82) is 0 Å². The Hall–Kier alpha value is -1.50. The molecule has 4 rings (SSSR count). The van der Waals surface area contributed by atoms with E-state index in [0.29, 0.717) is 12.5 Å². The lowest BCUT2D eigenvalue weighted by atomic mass is 9.81. The lowest BCUT2D eigenvalue weighted by Crippen LogP contribution is -2.63. The van der Waals surface area contributed by atoms with Gasteiger partial charge in [0.2, 0.25) is 5.91 Å². The Bertz CT molecular complexity index is 670. The molecule has 2 heterocycles. The highest BCUT2D eigenvalue weighted by atomic mass is 16.5. The Morgan fingerprint density at radius 2 is 2.12 bits per heavy atom. The predicted molar refractivity (Wildman–Crippen MR) is 91.8 cm³/mol. The summed E-state index contributed by atoms with van der Waals surface area (Å²) in [6, 6.07) is 0. The Kier molecular flexibility index (Phi) is 3.90. The van der Waals surface area contributed by atoms with Gasteiger partial charge in [-0.05, 0) is 61.8 Å². The molecule has 2 bridgehead atoms. The first-order valence-electron chi connectivity index (χ1n) is 9.52. The minimum atomic E-state index is -0.306. The van der Waals surface area contributed by atoms with Crippen molar-refractivity contribution in [3.05, 3.63) is 5.82 Å². The normalized spacial score (nSPS) is 33.6. The van der Waals surface area contributed by atoms with Gasteiger partial charge in [0.15, 0.2) is 5.82 Å². The summed E-state index contributed by atoms with van der Waals surface area (Å²) in [5, 5.41) is 11.8. The number of fused-ring (bicyclic) bond motifs is 3. The minimum Gasteiger partial charge on any atom is -0.365 e. The number of rotatable bonds is 3. The Labute approximate surface area is 149 Å². The van der Waals surface area contributed by atoms with E-state index in [-0.39, 0.29) is 29.6 Å². The van der Waals surface area contributed by atoms with Crippen LogP contribution in [0, 0.1) is 11.8 Å². The lowest BCUT2D eigenvalue weighted by molar-refractivity contribution is -0.218. The van der Waals surface area contributed by atoms with Crippen LogP contribution in [-0.4, -0.2) is 55.3 Å². The molecule has 1 aromatic heterocycles. The minimum absolute atomic E-state index is 0.0905. The van der Waals surface area contributed by atoms with E-state index in [9.17, 15) is 4.79 Å². The van der Waals surface area contributed by atoms with Gasteiger partial charge in [0.25, 0.3) is 0 Å². The van der Waals surface area contributed by atoms with Crippen LogP contribution < -0.4 is 0 Å². The summed E-state index contributed by atoms with van der Waals surface area (Å²) in [6.45, 7) is 9.84. The summed E-state index contributed by atoms with van der Waals surface area (Å²) in [5.74, 6) is 2.43. The maximum Gasteiger partial charge on any atom is 0.244 e. The Morgan fingerprint density at radius 1 is 1.32 bits per heavy atom. The highest BCUT2D eigenvalue weighted by Gasteiger charge is 2.57. The summed E-state index contributed by atoms with van der Waals surface area (Å²) in [7, 11) is 0. The number of amides is 1. The molecular weight excluding hydrogens is 318 g/mol. The van der Waals surface area contributed by atoms with Crippen LogP contribution in [0.25, 0.3) is 0 Å². The molecule has 2 aliphatic carbocycles. The molecule has 0 unspecified atom stereocenters. The fourth-order valence-electron chi connectivity index (χ4n) is 5.31. The summed E-state index contributed by atoms with van der Waals surface area (Å²) in [5.41, 5.74) is -0.443. The maximum absolute atomic E-state index is 13.0. The van der Waals surface area contributed by atoms with Crippen LogP contribution in [0.4, 0.5) is 0 Å². The fourth-order valence-corrected chi connectivity index (χ4v) is 5.31. The molecule has 138 valence electrons. The highest BCUT2D eigenvalue weighted by molar-refractivity contribution is 5.76. The molecule has 3 atom stereocenters. The van der Waals surface area contributed by atoms with Gasteiger partial charge in [0, 0.05) is 12.5 Å². The van der Waals surface area contributed by atoms with Gasteiger partial charge in [-0.15, -0.1) is 5.10 Å². The van der Waals surface area contributed by atoms with Crippen molar-refractivity contribution in [3.8, 4) is 0 Å². The zero-order valence-electron chi connectivity index (χ0n) is 15.7. The molecule has 3 fully saturated rings. The highest BCUT2D eigenvalue weighted by Crippen LogP contribution is 2.55. The van der Waals surface area contributed by atoms with Crippen molar-refractivity contribution < 1.29 is 9.53 Å². The summed E-state index contributed by atoms with van der Waals surface area (Å²) >= 11 is 0. The van der Waals surface area contributed by atoms with Crippen molar-refractivity contribution in [2.45, 2.75) is 77.0 Å². The topological polar surface area (TPSA) is 73.1 Å². The molecule has 25 heavy (non-hydrogen) atoms. The van der Waals surface area contributed by atoms with Gasteiger partial charge in [0.05, 0.1) is 17.7 Å². The van der Waals surface area contributed by atoms with Crippen LogP contribution in [0.15, 0.2) is 0 Å². The second-order valence-electron chi connectivity index (χ2n) is 9.11. The van der Waals surface area contributed by atoms with Gasteiger partial charge in [-0.2, -0.15) is 0 Å². The van der Waals surface area contributed by atoms with Gasteiger partial charge in [-0.3, -0.25) is 4.79 Å². The number of ether oxygens (including phenoxy) is 1. The Morgan fingerprint density at radius 3 is 2.76 bits per heavy atom. The van der Waals surface area contributed by atoms with E-state index in [1.807, 2.05) is 18.7 Å². The van der Waals surface area contributed by atoms with Crippen molar-refractivity contribution in [2.75, 3.05) is 13.1 Å². The third-order valence-electron chi connectivity index (χ3n) is 6.14. The van der Waals surface area contributed by atoms with Crippen molar-refractivity contribution in [3.63, 3.8) is 0 Å². The van der Waals surface area contributed by atoms with Crippen LogP contribution in [0.5, 0.6) is 0 Å². The third kappa shape index (κ3) is 2.96. The summed E-state index contributed by atoms with van der Waals surface area (Å²) in [6.07, 6.45) is 4.94. The SMILES string of the molecule is CC(C)c1nnnn1CC(=O)N1CC(C)(C)O[C@@]2(C[C@@H]3CC[C@H]2C3)C1. The van der Waals surface area contributed by atoms with E-state index in [4.69, 9.17) is 4.74 Å². The molecule has 0 N–H and O–H groups in total. The van der Waals surface area contributed by atoms with Crippen LogP contribution in [0.1, 0.15) is 65.1 Å². The van der Waals surface area contributed by atoms with Gasteiger partial charge in [0.1, 0.15) is 6.54 Å². The van der Waals surface area contributed by atoms with Crippen molar-refractivity contribution >= 4 is 5.91 Å². The molecule has 1 aliphatic heterocycles. The number of hydrogen-bond acceptors (Lipinski definition) is 5. The molecule has 1 spiro atoms. The molecule has 1 saturated heterocycles. The van der Waals surface area contributed by atoms with Gasteiger partial charge >= 0.3 is 0 Å². The largest absolute Gasteiger partial charge is 0.365 e. The third-order valence-corrected chi connectivity index (χ3v) is 6.14. The predicted octanol–water partition coefficient (Wildman–Crippen LogP) is 1.99. The van der Waals surface area contributed by atoms with Crippen LogP contribution in [0.3, 0.4) is 0 Å². The lowest BCUT2D eigenvalue weighted by Gasteiger charge is -2.52. The molecule has 1 aromatic rings. The number of morpholine rings is 1. The smallest absolute Gasteiger partial charge is 0.244 e. The van der Waals surface area contributed by atoms with Crippen LogP contribution >= 0.6 is 0 Å². The number of aromatic nitrogens is 4. The van der Waals surface area contributed by atoms with Gasteiger partial charge < -0.3 is 9.64 Å². The fraction of sp³-hybridized carbons (Fsp3) is 0.889. The molecule has 2 saturated carbocycles. The number of carbonyl (C=O) groups excluding carboxylic acids is 1. The molecule has 3 aliphatic rings. The standard InChI is InChI=1S/C18H29N5O2/c1-12(2)16-19-20-21-23(16)9-15(24)22-10-17(3,4)25-18(11-22)8-13-5-6-14(18)7-13/h12-14H,5-11H2,1-4H3/t13-,14+,18+/m1/s1. The quantitative estimate of drug-likeness (QED) is 0.836. The molecule has 7 nitrogen and oxygen atoms in total.